The Bertz CT molecular complexity index is 379. The molecule has 14 heavy (non-hydrogen) atoms. The Kier molecular flexibility index (Phi) is 4.74. The minimum atomic E-state index is 0.680. The number of alkyl halides is 1. The Morgan fingerprint density at radius 1 is 1.29 bits per heavy atom. The van der Waals surface area contributed by atoms with Gasteiger partial charge in [0.1, 0.15) is 6.29 Å². The molecule has 70 valence electrons. The Labute approximate surface area is 92.0 Å². The molecule has 0 aliphatic rings. The molecule has 2 heteroatoms. The van der Waals surface area contributed by atoms with Gasteiger partial charge in [-0.3, -0.25) is 4.79 Å². The summed E-state index contributed by atoms with van der Waals surface area (Å²) in [5, 5.41) is 0.680. The van der Waals surface area contributed by atoms with Crippen molar-refractivity contribution in [2.75, 3.05) is 5.33 Å². The summed E-state index contributed by atoms with van der Waals surface area (Å²) in [5.74, 6) is 5.91. The lowest BCUT2D eigenvalue weighted by Gasteiger charge is -1.92. The van der Waals surface area contributed by atoms with Crippen molar-refractivity contribution in [1.82, 2.24) is 0 Å². The minimum absolute atomic E-state index is 0.680. The molecule has 0 aliphatic heterocycles. The van der Waals surface area contributed by atoms with Crippen LogP contribution in [0.5, 0.6) is 0 Å². The van der Waals surface area contributed by atoms with Gasteiger partial charge in [0, 0.05) is 5.56 Å². The zero-order valence-corrected chi connectivity index (χ0v) is 9.12. The quantitative estimate of drug-likeness (QED) is 0.341. The number of halogens is 1. The second-order valence-corrected chi connectivity index (χ2v) is 3.11. The minimum Gasteiger partial charge on any atom is -0.299 e. The number of carbonyl (C=O) groups is 1. The van der Waals surface area contributed by atoms with Crippen LogP contribution in [0.2, 0.25) is 0 Å². The van der Waals surface area contributed by atoms with E-state index in [1.807, 2.05) is 24.3 Å². The van der Waals surface area contributed by atoms with Crippen molar-refractivity contribution in [3.05, 3.63) is 41.5 Å². The van der Waals surface area contributed by atoms with Gasteiger partial charge in [-0.2, -0.15) is 0 Å². The molecule has 0 radical (unpaired) electrons. The highest BCUT2D eigenvalue weighted by atomic mass is 79.9. The lowest BCUT2D eigenvalue weighted by molar-refractivity contribution is -0.104. The Morgan fingerprint density at radius 3 is 2.57 bits per heavy atom. The largest absolute Gasteiger partial charge is 0.299 e. The number of benzene rings is 1. The zero-order chi connectivity index (χ0) is 10.2. The normalized spacial score (nSPS) is 9.50. The molecule has 0 fully saturated rings. The summed E-state index contributed by atoms with van der Waals surface area (Å²) < 4.78 is 0. The van der Waals surface area contributed by atoms with E-state index >= 15 is 0 Å². The lowest BCUT2D eigenvalue weighted by atomic mass is 10.1. The van der Waals surface area contributed by atoms with Crippen LogP contribution in [0.25, 0.3) is 6.08 Å². The first-order valence-electron chi connectivity index (χ1n) is 4.13. The highest BCUT2D eigenvalue weighted by Crippen LogP contribution is 2.04. The van der Waals surface area contributed by atoms with Crippen LogP contribution in [0.15, 0.2) is 30.3 Å². The van der Waals surface area contributed by atoms with E-state index < -0.39 is 0 Å². The summed E-state index contributed by atoms with van der Waals surface area (Å²) >= 11 is 3.23. The molecule has 1 aromatic carbocycles. The van der Waals surface area contributed by atoms with Gasteiger partial charge in [0.15, 0.2) is 0 Å². The van der Waals surface area contributed by atoms with Crippen LogP contribution in [0.1, 0.15) is 11.1 Å². The molecule has 0 N–H and O–H groups in total. The SMILES string of the molecule is O=C/C=C/c1ccc(C#CCBr)cc1. The monoisotopic (exact) mass is 248 g/mol. The zero-order valence-electron chi connectivity index (χ0n) is 7.53. The van der Waals surface area contributed by atoms with E-state index in [0.29, 0.717) is 5.33 Å². The Hall–Kier alpha value is -1.33. The summed E-state index contributed by atoms with van der Waals surface area (Å²) in [7, 11) is 0. The van der Waals surface area contributed by atoms with Crippen LogP contribution < -0.4 is 0 Å². The van der Waals surface area contributed by atoms with E-state index in [1.165, 1.54) is 6.08 Å². The lowest BCUT2D eigenvalue weighted by Crippen LogP contribution is -1.76. The molecule has 1 rings (SSSR count). The van der Waals surface area contributed by atoms with Crippen molar-refractivity contribution < 1.29 is 4.79 Å². The van der Waals surface area contributed by atoms with Gasteiger partial charge in [0.25, 0.3) is 0 Å². The van der Waals surface area contributed by atoms with E-state index in [4.69, 9.17) is 0 Å². The van der Waals surface area contributed by atoms with Crippen molar-refractivity contribution >= 4 is 28.3 Å². The molecule has 0 saturated heterocycles. The third-order valence-corrected chi connectivity index (χ3v) is 1.86. The highest BCUT2D eigenvalue weighted by molar-refractivity contribution is 9.09. The number of carbonyl (C=O) groups excluding carboxylic acids is 1. The highest BCUT2D eigenvalue weighted by Gasteiger charge is 1.87. The van der Waals surface area contributed by atoms with E-state index in [0.717, 1.165) is 17.4 Å². The van der Waals surface area contributed by atoms with E-state index in [2.05, 4.69) is 27.8 Å². The van der Waals surface area contributed by atoms with E-state index in [-0.39, 0.29) is 0 Å². The molecule has 0 atom stereocenters. The molecule has 0 saturated carbocycles. The average Bonchev–Trinajstić information content (AvgIpc) is 2.25. The van der Waals surface area contributed by atoms with Crippen molar-refractivity contribution in [3.63, 3.8) is 0 Å². The van der Waals surface area contributed by atoms with Gasteiger partial charge in [0.05, 0.1) is 5.33 Å². The number of rotatable bonds is 2. The average molecular weight is 249 g/mol. The van der Waals surface area contributed by atoms with Crippen molar-refractivity contribution in [1.29, 1.82) is 0 Å². The third kappa shape index (κ3) is 3.59. The summed E-state index contributed by atoms with van der Waals surface area (Å²) in [6.07, 6.45) is 3.99. The maximum atomic E-state index is 10.1. The van der Waals surface area contributed by atoms with Gasteiger partial charge in [-0.15, -0.1) is 0 Å². The third-order valence-electron chi connectivity index (χ3n) is 1.58. The summed E-state index contributed by atoms with van der Waals surface area (Å²) in [4.78, 5) is 10.1. The van der Waals surface area contributed by atoms with Gasteiger partial charge in [0.2, 0.25) is 0 Å². The van der Waals surface area contributed by atoms with Gasteiger partial charge >= 0.3 is 0 Å². The number of hydrogen-bond donors (Lipinski definition) is 0. The second kappa shape index (κ2) is 6.17. The van der Waals surface area contributed by atoms with Crippen molar-refractivity contribution in [3.8, 4) is 11.8 Å². The van der Waals surface area contributed by atoms with Gasteiger partial charge in [-0.1, -0.05) is 46.0 Å². The predicted octanol–water partition coefficient (Wildman–Crippen LogP) is 2.65. The molecule has 1 aromatic rings. The van der Waals surface area contributed by atoms with E-state index in [1.54, 1.807) is 6.08 Å². The maximum absolute atomic E-state index is 10.1. The number of allylic oxidation sites excluding steroid dienone is 1. The van der Waals surface area contributed by atoms with E-state index in [9.17, 15) is 4.79 Å². The standard InChI is InChI=1S/C12H9BrO/c13-9-1-3-11-5-7-12(8-6-11)4-2-10-14/h2,4-8,10H,9H2/b4-2+. The number of hydrogen-bond acceptors (Lipinski definition) is 1. The van der Waals surface area contributed by atoms with Gasteiger partial charge < -0.3 is 0 Å². The molecule has 0 bridgehead atoms. The molecular weight excluding hydrogens is 240 g/mol. The van der Waals surface area contributed by atoms with Crippen molar-refractivity contribution in [2.24, 2.45) is 0 Å². The molecule has 0 aliphatic carbocycles. The topological polar surface area (TPSA) is 17.1 Å². The van der Waals surface area contributed by atoms with Crippen LogP contribution in [-0.4, -0.2) is 11.6 Å². The first-order chi connectivity index (χ1) is 6.86. The Balaban J connectivity index is 2.78. The fourth-order valence-corrected chi connectivity index (χ4v) is 1.10. The smallest absolute Gasteiger partial charge is 0.142 e. The van der Waals surface area contributed by atoms with Gasteiger partial charge in [-0.25, -0.2) is 0 Å². The fraction of sp³-hybridized carbons (Fsp3) is 0.0833. The molecule has 0 unspecified atom stereocenters. The molecule has 0 aromatic heterocycles. The van der Waals surface area contributed by atoms with Crippen LogP contribution in [0.3, 0.4) is 0 Å². The van der Waals surface area contributed by atoms with Crippen LogP contribution in [0.4, 0.5) is 0 Å². The fourth-order valence-electron chi connectivity index (χ4n) is 0.963. The summed E-state index contributed by atoms with van der Waals surface area (Å²) in [6.45, 7) is 0. The van der Waals surface area contributed by atoms with Crippen LogP contribution >= 0.6 is 15.9 Å². The second-order valence-electron chi connectivity index (χ2n) is 2.55. The first-order valence-corrected chi connectivity index (χ1v) is 5.25. The maximum Gasteiger partial charge on any atom is 0.142 e. The molecule has 0 heterocycles. The molecular formula is C12H9BrO. The summed E-state index contributed by atoms with van der Waals surface area (Å²) in [5.41, 5.74) is 1.98. The predicted molar refractivity (Wildman–Crippen MR) is 62.2 cm³/mol. The first kappa shape index (κ1) is 10.7. The molecule has 1 nitrogen and oxygen atoms in total. The van der Waals surface area contributed by atoms with Crippen LogP contribution in [-0.2, 0) is 4.79 Å². The number of aldehydes is 1. The van der Waals surface area contributed by atoms with Crippen molar-refractivity contribution in [2.45, 2.75) is 0 Å². The van der Waals surface area contributed by atoms with Crippen LogP contribution in [0, 0.1) is 11.8 Å². The van der Waals surface area contributed by atoms with Gasteiger partial charge in [-0.05, 0) is 23.8 Å². The molecule has 0 amide bonds. The molecule has 0 spiro atoms. The Morgan fingerprint density at radius 2 is 2.00 bits per heavy atom. The summed E-state index contributed by atoms with van der Waals surface area (Å²) in [6, 6.07) is 7.72.